The third-order valence-corrected chi connectivity index (χ3v) is 2.31. The molecule has 0 bridgehead atoms. The van der Waals surface area contributed by atoms with Crippen LogP contribution in [0.2, 0.25) is 0 Å². The van der Waals surface area contributed by atoms with E-state index < -0.39 is 0 Å². The molecule has 15 heavy (non-hydrogen) atoms. The van der Waals surface area contributed by atoms with Gasteiger partial charge in [-0.2, -0.15) is 0 Å². The van der Waals surface area contributed by atoms with E-state index in [0.717, 1.165) is 6.42 Å². The first-order valence-electron chi connectivity index (χ1n) is 5.45. The van der Waals surface area contributed by atoms with Gasteiger partial charge in [-0.05, 0) is 11.8 Å². The Bertz CT molecular complexity index is 213. The molecule has 0 heterocycles. The third kappa shape index (κ3) is 7.66. The van der Waals surface area contributed by atoms with Crippen LogP contribution in [0.25, 0.3) is 0 Å². The third-order valence-electron chi connectivity index (χ3n) is 2.00. The molecule has 1 amide bonds. The highest BCUT2D eigenvalue weighted by molar-refractivity contribution is 6.20. The minimum atomic E-state index is -0.335. The molecule has 0 spiro atoms. The van der Waals surface area contributed by atoms with Crippen molar-refractivity contribution in [1.29, 1.82) is 0 Å². The van der Waals surface area contributed by atoms with Crippen LogP contribution in [0.4, 0.5) is 0 Å². The molecule has 0 aromatic rings. The Hall–Kier alpha value is -0.240. The molecule has 0 aliphatic carbocycles. The number of halogens is 1. The second kappa shape index (κ2) is 5.20. The van der Waals surface area contributed by atoms with Gasteiger partial charge in [0.05, 0.1) is 5.38 Å². The molecule has 0 aliphatic rings. The van der Waals surface area contributed by atoms with Crippen LogP contribution in [0.5, 0.6) is 0 Å². The van der Waals surface area contributed by atoms with Gasteiger partial charge in [0, 0.05) is 12.0 Å². The molecule has 3 heteroatoms. The van der Waals surface area contributed by atoms with Crippen LogP contribution in [0, 0.1) is 10.8 Å². The van der Waals surface area contributed by atoms with Crippen molar-refractivity contribution in [3.8, 4) is 0 Å². The molecule has 1 N–H and O–H groups in total. The minimum absolute atomic E-state index is 0.0105. The summed E-state index contributed by atoms with van der Waals surface area (Å²) in [5.74, 6) is 0.0575. The lowest BCUT2D eigenvalue weighted by Crippen LogP contribution is -2.38. The van der Waals surface area contributed by atoms with Crippen molar-refractivity contribution in [1.82, 2.24) is 5.32 Å². The maximum absolute atomic E-state index is 11.6. The second-order valence-electron chi connectivity index (χ2n) is 6.32. The van der Waals surface area contributed by atoms with E-state index in [1.54, 1.807) is 0 Å². The molecule has 0 saturated carbocycles. The van der Waals surface area contributed by atoms with Gasteiger partial charge in [0.15, 0.2) is 0 Å². The highest BCUT2D eigenvalue weighted by Crippen LogP contribution is 2.23. The molecular formula is C12H24ClNO. The quantitative estimate of drug-likeness (QED) is 0.746. The largest absolute Gasteiger partial charge is 0.354 e. The summed E-state index contributed by atoms with van der Waals surface area (Å²) in [6.45, 7) is 12.7. The van der Waals surface area contributed by atoms with Crippen LogP contribution in [-0.2, 0) is 4.79 Å². The zero-order valence-corrected chi connectivity index (χ0v) is 11.5. The van der Waals surface area contributed by atoms with Gasteiger partial charge in [-0.15, -0.1) is 11.6 Å². The Labute approximate surface area is 98.8 Å². The van der Waals surface area contributed by atoms with E-state index in [0.29, 0.717) is 6.54 Å². The second-order valence-corrected chi connectivity index (χ2v) is 6.94. The lowest BCUT2D eigenvalue weighted by molar-refractivity contribution is -0.128. The Morgan fingerprint density at radius 3 is 2.00 bits per heavy atom. The topological polar surface area (TPSA) is 29.1 Å². The number of hydrogen-bond acceptors (Lipinski definition) is 1. The van der Waals surface area contributed by atoms with Gasteiger partial charge in [-0.25, -0.2) is 0 Å². The van der Waals surface area contributed by atoms with Gasteiger partial charge >= 0.3 is 0 Å². The molecule has 0 aliphatic heterocycles. The van der Waals surface area contributed by atoms with Crippen molar-refractivity contribution in [3.05, 3.63) is 0 Å². The van der Waals surface area contributed by atoms with Gasteiger partial charge in [-0.1, -0.05) is 41.5 Å². The highest BCUT2D eigenvalue weighted by Gasteiger charge is 2.23. The molecule has 2 nitrogen and oxygen atoms in total. The average Bonchev–Trinajstić information content (AvgIpc) is 1.94. The molecule has 1 unspecified atom stereocenters. The zero-order valence-electron chi connectivity index (χ0n) is 10.8. The summed E-state index contributed by atoms with van der Waals surface area (Å²) in [6.07, 6.45) is 0.902. The van der Waals surface area contributed by atoms with E-state index in [4.69, 9.17) is 11.6 Å². The summed E-state index contributed by atoms with van der Waals surface area (Å²) >= 11 is 6.14. The van der Waals surface area contributed by atoms with Crippen molar-refractivity contribution < 1.29 is 4.79 Å². The summed E-state index contributed by atoms with van der Waals surface area (Å²) in [5.41, 5.74) is -0.128. The predicted molar refractivity (Wildman–Crippen MR) is 66.2 cm³/mol. The molecule has 0 radical (unpaired) electrons. The molecule has 0 aromatic heterocycles. The van der Waals surface area contributed by atoms with Gasteiger partial charge in [-0.3, -0.25) is 4.79 Å². The van der Waals surface area contributed by atoms with E-state index in [9.17, 15) is 4.79 Å². The Balaban J connectivity index is 3.92. The van der Waals surface area contributed by atoms with Gasteiger partial charge < -0.3 is 5.32 Å². The van der Waals surface area contributed by atoms with Crippen molar-refractivity contribution in [2.45, 2.75) is 53.3 Å². The van der Waals surface area contributed by atoms with Crippen LogP contribution in [0.1, 0.15) is 48.0 Å². The maximum atomic E-state index is 11.6. The summed E-state index contributed by atoms with van der Waals surface area (Å²) in [4.78, 5) is 11.6. The first-order chi connectivity index (χ1) is 6.52. The highest BCUT2D eigenvalue weighted by atomic mass is 35.5. The van der Waals surface area contributed by atoms with E-state index in [1.807, 2.05) is 20.8 Å². The van der Waals surface area contributed by atoms with E-state index >= 15 is 0 Å². The Morgan fingerprint density at radius 1 is 1.20 bits per heavy atom. The van der Waals surface area contributed by atoms with Crippen molar-refractivity contribution in [2.24, 2.45) is 10.8 Å². The van der Waals surface area contributed by atoms with E-state index in [1.165, 1.54) is 0 Å². The SMILES string of the molecule is CC(C)(C)CC(Cl)CNC(=O)C(C)(C)C. The fourth-order valence-corrected chi connectivity index (χ4v) is 1.75. The van der Waals surface area contributed by atoms with E-state index in [2.05, 4.69) is 26.1 Å². The number of alkyl halides is 1. The van der Waals surface area contributed by atoms with Gasteiger partial charge in [0.25, 0.3) is 0 Å². The Kier molecular flexibility index (Phi) is 5.12. The summed E-state index contributed by atoms with van der Waals surface area (Å²) in [7, 11) is 0. The number of carbonyl (C=O) groups excluding carboxylic acids is 1. The van der Waals surface area contributed by atoms with Gasteiger partial charge in [0.1, 0.15) is 0 Å². The molecule has 0 saturated heterocycles. The van der Waals surface area contributed by atoms with Crippen molar-refractivity contribution >= 4 is 17.5 Å². The number of hydrogen-bond donors (Lipinski definition) is 1. The molecule has 0 fully saturated rings. The predicted octanol–water partition coefficient (Wildman–Crippen LogP) is 3.19. The first-order valence-corrected chi connectivity index (χ1v) is 5.88. The van der Waals surface area contributed by atoms with Crippen molar-refractivity contribution in [3.63, 3.8) is 0 Å². The number of amides is 1. The maximum Gasteiger partial charge on any atom is 0.225 e. The monoisotopic (exact) mass is 233 g/mol. The van der Waals surface area contributed by atoms with Crippen molar-refractivity contribution in [2.75, 3.05) is 6.54 Å². The summed E-state index contributed by atoms with van der Waals surface area (Å²) in [5, 5.41) is 2.88. The van der Waals surface area contributed by atoms with Crippen LogP contribution >= 0.6 is 11.6 Å². The standard InChI is InChI=1S/C12H24ClNO/c1-11(2,3)7-9(13)8-14-10(15)12(4,5)6/h9H,7-8H2,1-6H3,(H,14,15). The van der Waals surface area contributed by atoms with Crippen LogP contribution < -0.4 is 5.32 Å². The fourth-order valence-electron chi connectivity index (χ4n) is 1.21. The smallest absolute Gasteiger partial charge is 0.225 e. The molecule has 90 valence electrons. The molecule has 1 atom stereocenters. The van der Waals surface area contributed by atoms with Crippen LogP contribution in [0.3, 0.4) is 0 Å². The average molecular weight is 234 g/mol. The number of rotatable bonds is 3. The first kappa shape index (κ1) is 14.8. The van der Waals surface area contributed by atoms with Gasteiger partial charge in [0.2, 0.25) is 5.91 Å². The lowest BCUT2D eigenvalue weighted by Gasteiger charge is -2.23. The fraction of sp³-hybridized carbons (Fsp3) is 0.917. The zero-order chi connectivity index (χ0) is 12.3. The molecule has 0 aromatic carbocycles. The van der Waals surface area contributed by atoms with E-state index in [-0.39, 0.29) is 22.1 Å². The van der Waals surface area contributed by atoms with Crippen LogP contribution in [-0.4, -0.2) is 17.8 Å². The molecule has 0 rings (SSSR count). The lowest BCUT2D eigenvalue weighted by atomic mass is 9.90. The minimum Gasteiger partial charge on any atom is -0.354 e. The van der Waals surface area contributed by atoms with Crippen LogP contribution in [0.15, 0.2) is 0 Å². The Morgan fingerprint density at radius 2 is 1.67 bits per heavy atom. The summed E-state index contributed by atoms with van der Waals surface area (Å²) in [6, 6.07) is 0. The normalized spacial score (nSPS) is 14.9. The number of nitrogens with one attached hydrogen (secondary N) is 1. The molecular weight excluding hydrogens is 210 g/mol. The number of carbonyl (C=O) groups is 1. The summed E-state index contributed by atoms with van der Waals surface area (Å²) < 4.78 is 0.